The lowest BCUT2D eigenvalue weighted by molar-refractivity contribution is -0.138. The first-order valence-electron chi connectivity index (χ1n) is 8.49. The monoisotopic (exact) mass is 367 g/mol. The minimum atomic E-state index is -0.465. The van der Waals surface area contributed by atoms with Crippen molar-refractivity contribution < 1.29 is 14.3 Å². The summed E-state index contributed by atoms with van der Waals surface area (Å²) in [5.41, 5.74) is 4.31. The largest absolute Gasteiger partial charge is 0.462 e. The zero-order valence-corrected chi connectivity index (χ0v) is 16.1. The van der Waals surface area contributed by atoms with E-state index in [2.05, 4.69) is 0 Å². The van der Waals surface area contributed by atoms with E-state index in [1.54, 1.807) is 24.8 Å². The summed E-state index contributed by atoms with van der Waals surface area (Å²) in [6.45, 7) is 7.84. The predicted octanol–water partition coefficient (Wildman–Crippen LogP) is 4.63. The summed E-state index contributed by atoms with van der Waals surface area (Å²) in [6, 6.07) is 9.68. The van der Waals surface area contributed by atoms with E-state index in [9.17, 15) is 9.59 Å². The SMILES string of the molecule is CCOC(=O)C1=C(C)N(c2ccc(C)c(C)c2)C(=O)/C1=C/c1cccs1. The zero-order chi connectivity index (χ0) is 18.8. The molecule has 0 atom stereocenters. The van der Waals surface area contributed by atoms with E-state index in [0.29, 0.717) is 16.8 Å². The van der Waals surface area contributed by atoms with Crippen LogP contribution < -0.4 is 4.90 Å². The quantitative estimate of drug-likeness (QED) is 0.584. The molecule has 0 saturated heterocycles. The molecule has 0 N–H and O–H groups in total. The lowest BCUT2D eigenvalue weighted by atomic mass is 10.1. The van der Waals surface area contributed by atoms with Gasteiger partial charge < -0.3 is 4.74 Å². The number of ether oxygens (including phenoxy) is 1. The Morgan fingerprint density at radius 2 is 1.96 bits per heavy atom. The number of hydrogen-bond acceptors (Lipinski definition) is 4. The van der Waals surface area contributed by atoms with Crippen LogP contribution in [0.15, 0.2) is 52.6 Å². The number of nitrogens with zero attached hydrogens (tertiary/aromatic N) is 1. The Hall–Kier alpha value is -2.66. The highest BCUT2D eigenvalue weighted by Gasteiger charge is 2.38. The first kappa shape index (κ1) is 18.1. The molecule has 0 saturated carbocycles. The second kappa shape index (κ2) is 7.30. The van der Waals surface area contributed by atoms with Gasteiger partial charge in [-0.2, -0.15) is 0 Å². The van der Waals surface area contributed by atoms with Crippen LogP contribution in [0.2, 0.25) is 0 Å². The molecule has 2 heterocycles. The highest BCUT2D eigenvalue weighted by atomic mass is 32.1. The van der Waals surface area contributed by atoms with E-state index in [-0.39, 0.29) is 12.5 Å². The van der Waals surface area contributed by atoms with Crippen LogP contribution in [0.5, 0.6) is 0 Å². The Balaban J connectivity index is 2.13. The fraction of sp³-hybridized carbons (Fsp3) is 0.238. The van der Waals surface area contributed by atoms with Gasteiger partial charge in [-0.25, -0.2) is 4.79 Å². The molecular formula is C21H21NO3S. The van der Waals surface area contributed by atoms with Crippen molar-refractivity contribution in [3.05, 3.63) is 68.6 Å². The summed E-state index contributed by atoms with van der Waals surface area (Å²) in [5, 5.41) is 1.94. The number of benzene rings is 1. The van der Waals surface area contributed by atoms with Crippen LogP contribution in [0.25, 0.3) is 6.08 Å². The van der Waals surface area contributed by atoms with Gasteiger partial charge in [-0.1, -0.05) is 12.1 Å². The van der Waals surface area contributed by atoms with Crippen LogP contribution in [0.1, 0.15) is 29.9 Å². The van der Waals surface area contributed by atoms with Gasteiger partial charge in [0.15, 0.2) is 0 Å². The lowest BCUT2D eigenvalue weighted by Gasteiger charge is -2.19. The van der Waals surface area contributed by atoms with Gasteiger partial charge >= 0.3 is 5.97 Å². The fourth-order valence-corrected chi connectivity index (χ4v) is 3.63. The van der Waals surface area contributed by atoms with Gasteiger partial charge in [-0.3, -0.25) is 9.69 Å². The first-order valence-corrected chi connectivity index (χ1v) is 9.37. The minimum absolute atomic E-state index is 0.206. The Morgan fingerprint density at radius 1 is 1.19 bits per heavy atom. The second-order valence-corrected chi connectivity index (χ2v) is 7.14. The van der Waals surface area contributed by atoms with Crippen molar-refractivity contribution in [1.29, 1.82) is 0 Å². The van der Waals surface area contributed by atoms with Gasteiger partial charge in [0.1, 0.15) is 0 Å². The van der Waals surface area contributed by atoms with Gasteiger partial charge in [0, 0.05) is 16.3 Å². The van der Waals surface area contributed by atoms with Gasteiger partial charge in [0.2, 0.25) is 0 Å². The molecular weight excluding hydrogens is 346 g/mol. The Kier molecular flexibility index (Phi) is 5.09. The number of rotatable bonds is 4. The van der Waals surface area contributed by atoms with Crippen LogP contribution in [0.4, 0.5) is 5.69 Å². The predicted molar refractivity (Wildman–Crippen MR) is 105 cm³/mol. The fourth-order valence-electron chi connectivity index (χ4n) is 2.97. The highest BCUT2D eigenvalue weighted by molar-refractivity contribution is 7.10. The maximum atomic E-state index is 13.2. The molecule has 0 spiro atoms. The average molecular weight is 367 g/mol. The number of carbonyl (C=O) groups is 2. The van der Waals surface area contributed by atoms with Crippen LogP contribution in [0, 0.1) is 13.8 Å². The molecule has 3 rings (SSSR count). The molecule has 0 fully saturated rings. The maximum absolute atomic E-state index is 13.2. The number of hydrogen-bond donors (Lipinski definition) is 0. The molecule has 1 aliphatic rings. The van der Waals surface area contributed by atoms with E-state index < -0.39 is 5.97 Å². The maximum Gasteiger partial charge on any atom is 0.340 e. The molecule has 0 bridgehead atoms. The van der Waals surface area contributed by atoms with Crippen molar-refractivity contribution in [1.82, 2.24) is 0 Å². The molecule has 2 aromatic rings. The zero-order valence-electron chi connectivity index (χ0n) is 15.3. The summed E-state index contributed by atoms with van der Waals surface area (Å²) >= 11 is 1.52. The summed E-state index contributed by atoms with van der Waals surface area (Å²) in [7, 11) is 0. The third-order valence-corrected chi connectivity index (χ3v) is 5.28. The average Bonchev–Trinajstić information content (AvgIpc) is 3.18. The van der Waals surface area contributed by atoms with E-state index in [1.165, 1.54) is 11.3 Å². The smallest absolute Gasteiger partial charge is 0.340 e. The van der Waals surface area contributed by atoms with Crippen LogP contribution in [0.3, 0.4) is 0 Å². The van der Waals surface area contributed by atoms with Crippen molar-refractivity contribution in [3.8, 4) is 0 Å². The standard InChI is InChI=1S/C21H21NO3S/c1-5-25-21(24)19-15(4)22(16-9-8-13(2)14(3)11-16)20(23)18(19)12-17-7-6-10-26-17/h6-12H,5H2,1-4H3/b18-12+. The normalized spacial score (nSPS) is 15.9. The van der Waals surface area contributed by atoms with Crippen molar-refractivity contribution in [3.63, 3.8) is 0 Å². The summed E-state index contributed by atoms with van der Waals surface area (Å²) < 4.78 is 5.21. The topological polar surface area (TPSA) is 46.6 Å². The number of anilines is 1. The first-order chi connectivity index (χ1) is 12.4. The number of aryl methyl sites for hydroxylation is 2. The van der Waals surface area contributed by atoms with E-state index >= 15 is 0 Å². The van der Waals surface area contributed by atoms with Crippen molar-refractivity contribution in [2.75, 3.05) is 11.5 Å². The Morgan fingerprint density at radius 3 is 2.58 bits per heavy atom. The molecule has 1 aromatic heterocycles. The van der Waals surface area contributed by atoms with Crippen molar-refractivity contribution in [2.45, 2.75) is 27.7 Å². The number of allylic oxidation sites excluding steroid dienone is 1. The van der Waals surface area contributed by atoms with Gasteiger partial charge in [-0.15, -0.1) is 11.3 Å². The van der Waals surface area contributed by atoms with E-state index in [4.69, 9.17) is 4.74 Å². The molecule has 0 radical (unpaired) electrons. The van der Waals surface area contributed by atoms with Crippen molar-refractivity contribution >= 4 is 35.0 Å². The molecule has 4 nitrogen and oxygen atoms in total. The Bertz CT molecular complexity index is 923. The molecule has 26 heavy (non-hydrogen) atoms. The second-order valence-electron chi connectivity index (χ2n) is 6.16. The Labute approximate surface area is 157 Å². The molecule has 0 aliphatic carbocycles. The van der Waals surface area contributed by atoms with Crippen LogP contribution in [-0.2, 0) is 14.3 Å². The molecule has 1 aliphatic heterocycles. The number of thiophene rings is 1. The van der Waals surface area contributed by atoms with Crippen LogP contribution in [-0.4, -0.2) is 18.5 Å². The third kappa shape index (κ3) is 3.22. The molecule has 1 amide bonds. The van der Waals surface area contributed by atoms with E-state index in [0.717, 1.165) is 21.7 Å². The van der Waals surface area contributed by atoms with Gasteiger partial charge in [0.05, 0.1) is 17.8 Å². The van der Waals surface area contributed by atoms with Gasteiger partial charge in [0.25, 0.3) is 5.91 Å². The number of amides is 1. The molecule has 0 unspecified atom stereocenters. The van der Waals surface area contributed by atoms with Gasteiger partial charge in [-0.05, 0) is 68.5 Å². The lowest BCUT2D eigenvalue weighted by Crippen LogP contribution is -2.24. The molecule has 134 valence electrons. The third-order valence-electron chi connectivity index (χ3n) is 4.46. The number of esters is 1. The van der Waals surface area contributed by atoms with Crippen LogP contribution >= 0.6 is 11.3 Å². The minimum Gasteiger partial charge on any atom is -0.462 e. The summed E-state index contributed by atoms with van der Waals surface area (Å²) in [4.78, 5) is 28.2. The highest BCUT2D eigenvalue weighted by Crippen LogP contribution is 2.36. The van der Waals surface area contributed by atoms with Crippen molar-refractivity contribution in [2.24, 2.45) is 0 Å². The molecule has 5 heteroatoms. The number of carbonyl (C=O) groups excluding carboxylic acids is 2. The summed E-state index contributed by atoms with van der Waals surface area (Å²) in [6.07, 6.45) is 1.77. The summed E-state index contributed by atoms with van der Waals surface area (Å²) in [5.74, 6) is -0.672. The van der Waals surface area contributed by atoms with E-state index in [1.807, 2.05) is 49.6 Å². The molecule has 1 aromatic carbocycles.